The number of hydrogen-bond donors (Lipinski definition) is 1. The minimum Gasteiger partial charge on any atom is -0.339 e. The van der Waals surface area contributed by atoms with Gasteiger partial charge in [-0.25, -0.2) is 4.68 Å². The molecule has 144 valence electrons. The number of likely N-dealkylation sites (tertiary alicyclic amines) is 1. The second-order valence-electron chi connectivity index (χ2n) is 7.67. The normalized spacial score (nSPS) is 22.5. The SMILES string of the molecule is Cc1ccc(-c2nnc(SCC(=O)N3CCC[C@H]4CCCC[C@H]43)n2N)cc1. The number of hydrogen-bond acceptors (Lipinski definition) is 5. The Kier molecular flexibility index (Phi) is 5.38. The molecule has 4 rings (SSSR count). The van der Waals surface area contributed by atoms with Gasteiger partial charge in [-0.15, -0.1) is 10.2 Å². The van der Waals surface area contributed by atoms with Crippen LogP contribution in [0, 0.1) is 12.8 Å². The Labute approximate surface area is 164 Å². The highest BCUT2D eigenvalue weighted by Crippen LogP contribution is 2.35. The van der Waals surface area contributed by atoms with Crippen molar-refractivity contribution >= 4 is 17.7 Å². The van der Waals surface area contributed by atoms with E-state index >= 15 is 0 Å². The van der Waals surface area contributed by atoms with Crippen molar-refractivity contribution < 1.29 is 4.79 Å². The number of nitrogens with zero attached hydrogens (tertiary/aromatic N) is 4. The van der Waals surface area contributed by atoms with Gasteiger partial charge < -0.3 is 10.7 Å². The second-order valence-corrected chi connectivity index (χ2v) is 8.61. The number of thioether (sulfide) groups is 1. The third-order valence-electron chi connectivity index (χ3n) is 5.86. The van der Waals surface area contributed by atoms with Gasteiger partial charge in [-0.05, 0) is 38.5 Å². The molecule has 2 aliphatic rings. The highest BCUT2D eigenvalue weighted by Gasteiger charge is 2.35. The number of piperidine rings is 1. The first-order valence-corrected chi connectivity index (χ1v) is 10.8. The molecule has 1 amide bonds. The quantitative estimate of drug-likeness (QED) is 0.646. The molecule has 2 atom stereocenters. The third kappa shape index (κ3) is 3.83. The summed E-state index contributed by atoms with van der Waals surface area (Å²) in [5.74, 6) is 8.09. The van der Waals surface area contributed by atoms with Crippen molar-refractivity contribution in [3.8, 4) is 11.4 Å². The van der Waals surface area contributed by atoms with E-state index in [4.69, 9.17) is 5.84 Å². The van der Waals surface area contributed by atoms with Gasteiger partial charge in [0.05, 0.1) is 5.75 Å². The molecule has 27 heavy (non-hydrogen) atoms. The lowest BCUT2D eigenvalue weighted by atomic mass is 9.78. The predicted molar refractivity (Wildman–Crippen MR) is 108 cm³/mol. The van der Waals surface area contributed by atoms with Crippen LogP contribution in [0.25, 0.3) is 11.4 Å². The summed E-state index contributed by atoms with van der Waals surface area (Å²) >= 11 is 1.38. The van der Waals surface area contributed by atoms with Crippen molar-refractivity contribution in [2.24, 2.45) is 5.92 Å². The number of fused-ring (bicyclic) bond motifs is 1. The van der Waals surface area contributed by atoms with E-state index in [-0.39, 0.29) is 5.91 Å². The summed E-state index contributed by atoms with van der Waals surface area (Å²) in [4.78, 5) is 15.0. The Hall–Kier alpha value is -2.02. The maximum Gasteiger partial charge on any atom is 0.233 e. The van der Waals surface area contributed by atoms with Crippen molar-refractivity contribution in [3.63, 3.8) is 0 Å². The molecule has 0 spiro atoms. The number of amides is 1. The number of nitrogen functional groups attached to an aromatic ring is 1. The van der Waals surface area contributed by atoms with Crippen LogP contribution in [0.4, 0.5) is 0 Å². The molecular formula is C20H27N5OS. The Morgan fingerprint density at radius 2 is 1.89 bits per heavy atom. The van der Waals surface area contributed by atoms with E-state index in [1.54, 1.807) is 0 Å². The molecule has 6 nitrogen and oxygen atoms in total. The summed E-state index contributed by atoms with van der Waals surface area (Å²) < 4.78 is 1.49. The van der Waals surface area contributed by atoms with Crippen LogP contribution in [0.1, 0.15) is 44.1 Å². The van der Waals surface area contributed by atoms with Gasteiger partial charge in [0, 0.05) is 18.2 Å². The minimum atomic E-state index is 0.205. The lowest BCUT2D eigenvalue weighted by Crippen LogP contribution is -2.50. The highest BCUT2D eigenvalue weighted by atomic mass is 32.2. The summed E-state index contributed by atoms with van der Waals surface area (Å²) in [7, 11) is 0. The van der Waals surface area contributed by atoms with Crippen LogP contribution in [0.15, 0.2) is 29.4 Å². The molecule has 0 unspecified atom stereocenters. The largest absolute Gasteiger partial charge is 0.339 e. The molecule has 2 N–H and O–H groups in total. The number of aryl methyl sites for hydroxylation is 1. The van der Waals surface area contributed by atoms with Crippen molar-refractivity contribution in [3.05, 3.63) is 29.8 Å². The van der Waals surface area contributed by atoms with Crippen molar-refractivity contribution in [1.29, 1.82) is 0 Å². The first-order chi connectivity index (χ1) is 13.1. The van der Waals surface area contributed by atoms with Crippen LogP contribution in [0.5, 0.6) is 0 Å². The van der Waals surface area contributed by atoms with E-state index in [1.165, 1.54) is 47.7 Å². The van der Waals surface area contributed by atoms with Gasteiger partial charge in [0.15, 0.2) is 5.82 Å². The van der Waals surface area contributed by atoms with E-state index in [1.807, 2.05) is 31.2 Å². The maximum absolute atomic E-state index is 12.9. The molecule has 2 aromatic rings. The zero-order valence-corrected chi connectivity index (χ0v) is 16.6. The number of nitrogens with two attached hydrogens (primary N) is 1. The Morgan fingerprint density at radius 1 is 1.15 bits per heavy atom. The first kappa shape index (κ1) is 18.3. The van der Waals surface area contributed by atoms with Crippen LogP contribution in [0.2, 0.25) is 0 Å². The van der Waals surface area contributed by atoms with Crippen LogP contribution >= 0.6 is 11.8 Å². The molecule has 1 saturated carbocycles. The van der Waals surface area contributed by atoms with Gasteiger partial charge >= 0.3 is 0 Å². The fourth-order valence-electron chi connectivity index (χ4n) is 4.42. The van der Waals surface area contributed by atoms with E-state index in [0.717, 1.165) is 24.9 Å². The molecule has 1 aliphatic carbocycles. The zero-order chi connectivity index (χ0) is 18.8. The first-order valence-electron chi connectivity index (χ1n) is 9.83. The Balaban J connectivity index is 1.41. The maximum atomic E-state index is 12.9. The lowest BCUT2D eigenvalue weighted by Gasteiger charge is -2.44. The standard InChI is InChI=1S/C20H27N5OS/c1-14-8-10-16(11-9-14)19-22-23-20(25(19)21)27-13-18(26)24-12-4-6-15-5-2-3-7-17(15)24/h8-11,15,17H,2-7,12-13,21H2,1H3/t15-,17-/m1/s1. The zero-order valence-electron chi connectivity index (χ0n) is 15.8. The number of aromatic nitrogens is 3. The molecule has 1 aliphatic heterocycles. The summed E-state index contributed by atoms with van der Waals surface area (Å²) in [6.45, 7) is 2.94. The van der Waals surface area contributed by atoms with Crippen molar-refractivity contribution in [1.82, 2.24) is 19.8 Å². The predicted octanol–water partition coefficient (Wildman–Crippen LogP) is 3.24. The molecule has 2 fully saturated rings. The molecule has 2 heterocycles. The molecular weight excluding hydrogens is 358 g/mol. The smallest absolute Gasteiger partial charge is 0.233 e. The van der Waals surface area contributed by atoms with Gasteiger partial charge in [0.1, 0.15) is 0 Å². The monoisotopic (exact) mass is 385 g/mol. The van der Waals surface area contributed by atoms with Gasteiger partial charge in [-0.1, -0.05) is 54.4 Å². The summed E-state index contributed by atoms with van der Waals surface area (Å²) in [5.41, 5.74) is 2.11. The van der Waals surface area contributed by atoms with Gasteiger partial charge in [-0.3, -0.25) is 4.79 Å². The molecule has 0 radical (unpaired) electrons. The van der Waals surface area contributed by atoms with E-state index in [9.17, 15) is 4.79 Å². The van der Waals surface area contributed by atoms with Crippen LogP contribution in [-0.4, -0.2) is 44.0 Å². The fourth-order valence-corrected chi connectivity index (χ4v) is 5.16. The minimum absolute atomic E-state index is 0.205. The average Bonchev–Trinajstić information content (AvgIpc) is 3.07. The summed E-state index contributed by atoms with van der Waals surface area (Å²) in [6, 6.07) is 8.46. The second kappa shape index (κ2) is 7.92. The number of carbonyl (C=O) groups is 1. The number of benzene rings is 1. The Bertz CT molecular complexity index is 801. The van der Waals surface area contributed by atoms with Crippen molar-refractivity contribution in [2.45, 2.75) is 56.6 Å². The Morgan fingerprint density at radius 3 is 2.70 bits per heavy atom. The van der Waals surface area contributed by atoms with E-state index in [0.29, 0.717) is 28.7 Å². The molecule has 1 aromatic heterocycles. The van der Waals surface area contributed by atoms with Crippen molar-refractivity contribution in [2.75, 3.05) is 18.1 Å². The fraction of sp³-hybridized carbons (Fsp3) is 0.550. The van der Waals surface area contributed by atoms with Gasteiger partial charge in [0.25, 0.3) is 0 Å². The molecule has 7 heteroatoms. The van der Waals surface area contributed by atoms with Crippen LogP contribution < -0.4 is 5.84 Å². The van der Waals surface area contributed by atoms with Crippen LogP contribution in [-0.2, 0) is 4.79 Å². The van der Waals surface area contributed by atoms with Gasteiger partial charge in [0.2, 0.25) is 11.1 Å². The van der Waals surface area contributed by atoms with Gasteiger partial charge in [-0.2, -0.15) is 0 Å². The lowest BCUT2D eigenvalue weighted by molar-refractivity contribution is -0.134. The average molecular weight is 386 g/mol. The van der Waals surface area contributed by atoms with E-state index in [2.05, 4.69) is 15.1 Å². The summed E-state index contributed by atoms with van der Waals surface area (Å²) in [5, 5.41) is 8.99. The van der Waals surface area contributed by atoms with Crippen LogP contribution in [0.3, 0.4) is 0 Å². The topological polar surface area (TPSA) is 77.0 Å². The number of carbonyl (C=O) groups excluding carboxylic acids is 1. The molecule has 1 saturated heterocycles. The highest BCUT2D eigenvalue weighted by molar-refractivity contribution is 7.99. The number of rotatable bonds is 4. The molecule has 0 bridgehead atoms. The third-order valence-corrected chi connectivity index (χ3v) is 6.79. The van der Waals surface area contributed by atoms with E-state index < -0.39 is 0 Å². The summed E-state index contributed by atoms with van der Waals surface area (Å²) in [6.07, 6.45) is 7.40. The molecule has 1 aromatic carbocycles.